The molecule has 0 saturated carbocycles. The Morgan fingerprint density at radius 3 is 2.69 bits per heavy atom. The van der Waals surface area contributed by atoms with Crippen molar-refractivity contribution in [3.05, 3.63) is 39.8 Å². The first kappa shape index (κ1) is 20.2. The Kier molecular flexibility index (Phi) is 7.43. The number of unbranched alkanes of at least 4 members (excludes halogenated alkanes) is 1. The number of nitriles is 1. The molecule has 0 fully saturated rings. The van der Waals surface area contributed by atoms with Crippen LogP contribution in [0.3, 0.4) is 0 Å². The molecule has 26 heavy (non-hydrogen) atoms. The predicted octanol–water partition coefficient (Wildman–Crippen LogP) is 4.42. The zero-order valence-electron chi connectivity index (χ0n) is 16.0. The van der Waals surface area contributed by atoms with E-state index >= 15 is 0 Å². The third-order valence-corrected chi connectivity index (χ3v) is 4.69. The first-order chi connectivity index (χ1) is 12.4. The van der Waals surface area contributed by atoms with E-state index in [0.29, 0.717) is 30.9 Å². The molecule has 0 aliphatic rings. The van der Waals surface area contributed by atoms with Crippen LogP contribution >= 0.6 is 11.3 Å². The van der Waals surface area contributed by atoms with Crippen LogP contribution < -0.4 is 14.8 Å². The van der Waals surface area contributed by atoms with Crippen LogP contribution in [0.1, 0.15) is 49.9 Å². The molecule has 5 nitrogen and oxygen atoms in total. The van der Waals surface area contributed by atoms with Crippen LogP contribution in [0.4, 0.5) is 0 Å². The molecular formula is C20H27N3O2S. The smallest absolute Gasteiger partial charge is 0.161 e. The van der Waals surface area contributed by atoms with Crippen LogP contribution in [0.2, 0.25) is 0 Å². The number of ether oxygens (including phenoxy) is 2. The highest BCUT2D eigenvalue weighted by atomic mass is 32.1. The number of hydrogen-bond donors (Lipinski definition) is 1. The molecule has 0 amide bonds. The molecule has 140 valence electrons. The third kappa shape index (κ3) is 6.01. The summed E-state index contributed by atoms with van der Waals surface area (Å²) in [7, 11) is 1.63. The summed E-state index contributed by atoms with van der Waals surface area (Å²) >= 11 is 1.69. The fourth-order valence-electron chi connectivity index (χ4n) is 2.33. The van der Waals surface area contributed by atoms with Crippen LogP contribution in [0.25, 0.3) is 0 Å². The Labute approximate surface area is 160 Å². The zero-order chi connectivity index (χ0) is 19.0. The summed E-state index contributed by atoms with van der Waals surface area (Å²) in [5.41, 5.74) is 2.34. The van der Waals surface area contributed by atoms with Gasteiger partial charge in [0.15, 0.2) is 11.5 Å². The van der Waals surface area contributed by atoms with E-state index in [1.807, 2.05) is 18.2 Å². The van der Waals surface area contributed by atoms with Gasteiger partial charge in [-0.1, -0.05) is 26.8 Å². The maximum atomic E-state index is 8.60. The molecule has 0 radical (unpaired) electrons. The van der Waals surface area contributed by atoms with Crippen LogP contribution in [-0.2, 0) is 18.5 Å². The third-order valence-electron chi connectivity index (χ3n) is 3.84. The molecule has 0 unspecified atom stereocenters. The van der Waals surface area contributed by atoms with Crippen molar-refractivity contribution in [3.63, 3.8) is 0 Å². The number of hydrogen-bond acceptors (Lipinski definition) is 6. The maximum absolute atomic E-state index is 8.60. The molecule has 0 saturated heterocycles. The lowest BCUT2D eigenvalue weighted by Crippen LogP contribution is -2.14. The molecule has 6 heteroatoms. The summed E-state index contributed by atoms with van der Waals surface area (Å²) in [4.78, 5) is 4.70. The molecule has 2 rings (SSSR count). The number of methoxy groups -OCH3 is 1. The van der Waals surface area contributed by atoms with Gasteiger partial charge in [0, 0.05) is 30.3 Å². The lowest BCUT2D eigenvalue weighted by molar-refractivity contribution is 0.290. The Morgan fingerprint density at radius 2 is 2.04 bits per heavy atom. The standard InChI is InChI=1S/C20H27N3O2S/c1-20(2,3)18-14-26-19(23-18)13-22-12-15-7-8-16(24-4)17(11-15)25-10-6-5-9-21/h7-8,11,14,22H,5-6,10,12-13H2,1-4H3. The first-order valence-corrected chi connectivity index (χ1v) is 9.64. The lowest BCUT2D eigenvalue weighted by Gasteiger charge is -2.14. The van der Waals surface area contributed by atoms with Gasteiger partial charge in [0.25, 0.3) is 0 Å². The molecule has 1 aromatic heterocycles. The normalized spacial score (nSPS) is 11.2. The number of thiazole rings is 1. The van der Waals surface area contributed by atoms with Crippen molar-refractivity contribution in [3.8, 4) is 17.6 Å². The highest BCUT2D eigenvalue weighted by molar-refractivity contribution is 7.09. The van der Waals surface area contributed by atoms with Gasteiger partial charge in [-0.05, 0) is 24.1 Å². The van der Waals surface area contributed by atoms with E-state index < -0.39 is 0 Å². The second-order valence-electron chi connectivity index (χ2n) is 7.08. The molecule has 1 aromatic carbocycles. The topological polar surface area (TPSA) is 67.2 Å². The number of nitrogens with zero attached hydrogens (tertiary/aromatic N) is 2. The summed E-state index contributed by atoms with van der Waals surface area (Å²) in [6.45, 7) is 8.50. The van der Waals surface area contributed by atoms with E-state index in [0.717, 1.165) is 29.4 Å². The second kappa shape index (κ2) is 9.56. The van der Waals surface area contributed by atoms with E-state index in [4.69, 9.17) is 19.7 Å². The highest BCUT2D eigenvalue weighted by Gasteiger charge is 2.17. The average molecular weight is 374 g/mol. The highest BCUT2D eigenvalue weighted by Crippen LogP contribution is 2.28. The van der Waals surface area contributed by atoms with E-state index in [9.17, 15) is 0 Å². The van der Waals surface area contributed by atoms with Gasteiger partial charge in [-0.15, -0.1) is 11.3 Å². The van der Waals surface area contributed by atoms with E-state index in [2.05, 4.69) is 37.5 Å². The monoisotopic (exact) mass is 373 g/mol. The van der Waals surface area contributed by atoms with E-state index in [1.165, 1.54) is 0 Å². The van der Waals surface area contributed by atoms with E-state index in [1.54, 1.807) is 18.4 Å². The molecule has 0 bridgehead atoms. The Balaban J connectivity index is 1.90. The van der Waals surface area contributed by atoms with Crippen LogP contribution in [0, 0.1) is 11.3 Å². The minimum absolute atomic E-state index is 0.0858. The van der Waals surface area contributed by atoms with Crippen molar-refractivity contribution < 1.29 is 9.47 Å². The van der Waals surface area contributed by atoms with Crippen molar-refractivity contribution in [2.24, 2.45) is 0 Å². The van der Waals surface area contributed by atoms with Gasteiger partial charge in [-0.2, -0.15) is 5.26 Å². The molecule has 0 aliphatic carbocycles. The summed E-state index contributed by atoms with van der Waals surface area (Å²) in [6.07, 6.45) is 1.20. The largest absolute Gasteiger partial charge is 0.493 e. The summed E-state index contributed by atoms with van der Waals surface area (Å²) in [6, 6.07) is 8.05. The van der Waals surface area contributed by atoms with Crippen LogP contribution in [0.15, 0.2) is 23.6 Å². The van der Waals surface area contributed by atoms with Crippen molar-refractivity contribution in [1.82, 2.24) is 10.3 Å². The summed E-state index contributed by atoms with van der Waals surface area (Å²) in [5, 5.41) is 15.3. The van der Waals surface area contributed by atoms with Gasteiger partial charge in [0.1, 0.15) is 5.01 Å². The van der Waals surface area contributed by atoms with Gasteiger partial charge >= 0.3 is 0 Å². The van der Waals surface area contributed by atoms with Crippen LogP contribution in [-0.4, -0.2) is 18.7 Å². The Morgan fingerprint density at radius 1 is 1.23 bits per heavy atom. The average Bonchev–Trinajstić information content (AvgIpc) is 3.08. The van der Waals surface area contributed by atoms with Crippen molar-refractivity contribution >= 4 is 11.3 Å². The fourth-order valence-corrected chi connectivity index (χ4v) is 3.32. The Hall–Kier alpha value is -2.10. The minimum atomic E-state index is 0.0858. The van der Waals surface area contributed by atoms with Crippen molar-refractivity contribution in [2.75, 3.05) is 13.7 Å². The fraction of sp³-hybridized carbons (Fsp3) is 0.500. The minimum Gasteiger partial charge on any atom is -0.493 e. The summed E-state index contributed by atoms with van der Waals surface area (Å²) < 4.78 is 11.1. The van der Waals surface area contributed by atoms with Gasteiger partial charge < -0.3 is 14.8 Å². The number of nitrogens with one attached hydrogen (secondary N) is 1. The number of aromatic nitrogens is 1. The molecule has 0 aliphatic heterocycles. The quantitative estimate of drug-likeness (QED) is 0.659. The SMILES string of the molecule is COc1ccc(CNCc2nc(C(C)(C)C)cs2)cc1OCCCC#N. The van der Waals surface area contributed by atoms with Gasteiger partial charge in [-0.3, -0.25) is 0 Å². The molecule has 0 atom stereocenters. The summed E-state index contributed by atoms with van der Waals surface area (Å²) in [5.74, 6) is 1.43. The van der Waals surface area contributed by atoms with E-state index in [-0.39, 0.29) is 5.41 Å². The maximum Gasteiger partial charge on any atom is 0.161 e. The lowest BCUT2D eigenvalue weighted by atomic mass is 9.93. The zero-order valence-corrected chi connectivity index (χ0v) is 16.8. The van der Waals surface area contributed by atoms with Gasteiger partial charge in [-0.25, -0.2) is 4.98 Å². The molecular weight excluding hydrogens is 346 g/mol. The predicted molar refractivity (Wildman–Crippen MR) is 105 cm³/mol. The first-order valence-electron chi connectivity index (χ1n) is 8.76. The second-order valence-corrected chi connectivity index (χ2v) is 8.02. The Bertz CT molecular complexity index is 744. The molecule has 1 heterocycles. The molecule has 2 aromatic rings. The number of rotatable bonds is 9. The molecule has 1 N–H and O–H groups in total. The van der Waals surface area contributed by atoms with Crippen molar-refractivity contribution in [2.45, 2.75) is 52.1 Å². The number of benzene rings is 1. The molecule has 0 spiro atoms. The van der Waals surface area contributed by atoms with Crippen LogP contribution in [0.5, 0.6) is 11.5 Å². The van der Waals surface area contributed by atoms with Gasteiger partial charge in [0.05, 0.1) is 25.5 Å². The van der Waals surface area contributed by atoms with Gasteiger partial charge in [0.2, 0.25) is 0 Å². The van der Waals surface area contributed by atoms with Crippen molar-refractivity contribution in [1.29, 1.82) is 5.26 Å².